The Bertz CT molecular complexity index is 395. The number of rotatable bonds is 21. The fourth-order valence-corrected chi connectivity index (χ4v) is 3.48. The monoisotopic (exact) mass is 404 g/mol. The SMILES string of the molecule is CCCCCCCCCCCCCCCCC(OO[N+](=O)[O-])C(CC)[N+](=O)[O-]. The number of hydrogen-bond acceptors (Lipinski definition) is 6. The van der Waals surface area contributed by atoms with Gasteiger partial charge in [0.2, 0.25) is 6.04 Å². The van der Waals surface area contributed by atoms with Gasteiger partial charge in [-0.05, 0) is 6.42 Å². The van der Waals surface area contributed by atoms with Gasteiger partial charge in [0.05, 0.1) is 0 Å². The largest absolute Gasteiger partial charge is 0.322 e. The van der Waals surface area contributed by atoms with Crippen molar-refractivity contribution in [3.05, 3.63) is 20.2 Å². The highest BCUT2D eigenvalue weighted by Crippen LogP contribution is 2.18. The molecule has 0 radical (unpaired) electrons. The van der Waals surface area contributed by atoms with Crippen LogP contribution >= 0.6 is 0 Å². The molecule has 0 aliphatic rings. The Morgan fingerprint density at radius 3 is 1.50 bits per heavy atom. The molecule has 0 fully saturated rings. The summed E-state index contributed by atoms with van der Waals surface area (Å²) in [6.45, 7) is 3.91. The Morgan fingerprint density at radius 1 is 0.714 bits per heavy atom. The molecule has 0 aromatic carbocycles. The molecular weight excluding hydrogens is 364 g/mol. The molecule has 0 N–H and O–H groups in total. The van der Waals surface area contributed by atoms with Crippen LogP contribution in [0.4, 0.5) is 0 Å². The fraction of sp³-hybridized carbons (Fsp3) is 1.00. The Labute approximate surface area is 169 Å². The average molecular weight is 405 g/mol. The molecule has 28 heavy (non-hydrogen) atoms. The lowest BCUT2D eigenvalue weighted by Crippen LogP contribution is -2.36. The van der Waals surface area contributed by atoms with Gasteiger partial charge in [-0.2, -0.15) is 4.89 Å². The van der Waals surface area contributed by atoms with E-state index in [1.807, 2.05) is 0 Å². The van der Waals surface area contributed by atoms with Gasteiger partial charge >= 0.3 is 5.09 Å². The molecule has 0 bridgehead atoms. The fourth-order valence-electron chi connectivity index (χ4n) is 3.48. The summed E-state index contributed by atoms with van der Waals surface area (Å²) in [5, 5.41) is 20.3. The van der Waals surface area contributed by atoms with E-state index in [0.717, 1.165) is 19.3 Å². The zero-order chi connectivity index (χ0) is 21.0. The van der Waals surface area contributed by atoms with Crippen molar-refractivity contribution in [2.75, 3.05) is 0 Å². The number of nitrogens with zero attached hydrogens (tertiary/aromatic N) is 2. The van der Waals surface area contributed by atoms with Crippen molar-refractivity contribution < 1.29 is 19.9 Å². The van der Waals surface area contributed by atoms with Crippen molar-refractivity contribution in [3.8, 4) is 0 Å². The second-order valence-corrected chi connectivity index (χ2v) is 7.58. The molecule has 0 aromatic heterocycles. The van der Waals surface area contributed by atoms with Crippen LogP contribution in [-0.4, -0.2) is 22.2 Å². The molecule has 8 nitrogen and oxygen atoms in total. The third-order valence-electron chi connectivity index (χ3n) is 5.19. The third-order valence-corrected chi connectivity index (χ3v) is 5.19. The minimum Gasteiger partial charge on any atom is -0.264 e. The molecule has 0 rings (SSSR count). The van der Waals surface area contributed by atoms with Crippen LogP contribution in [0.2, 0.25) is 0 Å². The van der Waals surface area contributed by atoms with Gasteiger partial charge in [-0.3, -0.25) is 10.1 Å². The molecule has 0 aliphatic heterocycles. The lowest BCUT2D eigenvalue weighted by Gasteiger charge is -2.18. The van der Waals surface area contributed by atoms with Gasteiger partial charge in [0, 0.05) is 11.3 Å². The van der Waals surface area contributed by atoms with Crippen molar-refractivity contribution in [2.45, 2.75) is 129 Å². The summed E-state index contributed by atoms with van der Waals surface area (Å²) in [6, 6.07) is -0.984. The topological polar surface area (TPSA) is 105 Å². The number of unbranched alkanes of at least 4 members (excludes halogenated alkanes) is 13. The molecule has 0 amide bonds. The minimum atomic E-state index is -1.08. The van der Waals surface area contributed by atoms with Gasteiger partial charge in [0.1, 0.15) is 0 Å². The molecule has 2 unspecified atom stereocenters. The van der Waals surface area contributed by atoms with Crippen LogP contribution in [0.3, 0.4) is 0 Å². The van der Waals surface area contributed by atoms with Crippen molar-refractivity contribution >= 4 is 0 Å². The standard InChI is InChI=1S/C20H40N2O6/c1-3-5-6-7-8-9-10-11-12-13-14-15-16-17-18-20(27-28-22(25)26)19(4-2)21(23)24/h19-20H,3-18H2,1-2H3. The van der Waals surface area contributed by atoms with Crippen LogP contribution in [0.25, 0.3) is 0 Å². The van der Waals surface area contributed by atoms with E-state index < -0.39 is 22.2 Å². The van der Waals surface area contributed by atoms with E-state index in [-0.39, 0.29) is 6.42 Å². The molecule has 0 saturated heterocycles. The third kappa shape index (κ3) is 15.6. The first kappa shape index (κ1) is 26.6. The molecule has 0 spiro atoms. The van der Waals surface area contributed by atoms with E-state index in [0.29, 0.717) is 6.42 Å². The van der Waals surface area contributed by atoms with Gasteiger partial charge in [0.25, 0.3) is 0 Å². The summed E-state index contributed by atoms with van der Waals surface area (Å²) >= 11 is 0. The van der Waals surface area contributed by atoms with E-state index in [2.05, 4.69) is 11.9 Å². The normalized spacial score (nSPS) is 13.2. The second-order valence-electron chi connectivity index (χ2n) is 7.58. The van der Waals surface area contributed by atoms with Crippen molar-refractivity contribution in [1.29, 1.82) is 0 Å². The maximum atomic E-state index is 11.1. The smallest absolute Gasteiger partial charge is 0.264 e. The highest BCUT2D eigenvalue weighted by Gasteiger charge is 2.32. The summed E-state index contributed by atoms with van der Waals surface area (Å²) in [5.74, 6) is 0. The molecule has 0 aromatic rings. The number of nitro groups is 1. The maximum absolute atomic E-state index is 11.1. The van der Waals surface area contributed by atoms with Crippen molar-refractivity contribution in [3.63, 3.8) is 0 Å². The second kappa shape index (κ2) is 18.9. The van der Waals surface area contributed by atoms with Gasteiger partial charge in [-0.25, -0.2) is 0 Å². The molecule has 8 heteroatoms. The van der Waals surface area contributed by atoms with Crippen LogP contribution in [0.5, 0.6) is 0 Å². The van der Waals surface area contributed by atoms with Gasteiger partial charge in [-0.15, -0.1) is 15.1 Å². The molecule has 0 aliphatic carbocycles. The van der Waals surface area contributed by atoms with Crippen molar-refractivity contribution in [1.82, 2.24) is 0 Å². The highest BCUT2D eigenvalue weighted by atomic mass is 17.3. The molecule has 0 saturated carbocycles. The van der Waals surface area contributed by atoms with Crippen LogP contribution in [0, 0.1) is 20.2 Å². The van der Waals surface area contributed by atoms with Crippen molar-refractivity contribution in [2.24, 2.45) is 0 Å². The van der Waals surface area contributed by atoms with Gasteiger partial charge in [-0.1, -0.05) is 104 Å². The minimum absolute atomic E-state index is 0.247. The average Bonchev–Trinajstić information content (AvgIpc) is 2.65. The molecule has 2 atom stereocenters. The Morgan fingerprint density at radius 2 is 1.14 bits per heavy atom. The van der Waals surface area contributed by atoms with Crippen LogP contribution in [-0.2, 0) is 9.88 Å². The van der Waals surface area contributed by atoms with E-state index in [9.17, 15) is 20.2 Å². The molecular formula is C20H40N2O6. The lowest BCUT2D eigenvalue weighted by atomic mass is 10.0. The van der Waals surface area contributed by atoms with E-state index in [1.165, 1.54) is 70.6 Å². The maximum Gasteiger partial charge on any atom is 0.322 e. The first-order valence-corrected chi connectivity index (χ1v) is 11.1. The number of hydrogen-bond donors (Lipinski definition) is 0. The Hall–Kier alpha value is -1.44. The predicted molar refractivity (Wildman–Crippen MR) is 109 cm³/mol. The highest BCUT2D eigenvalue weighted by molar-refractivity contribution is 4.67. The summed E-state index contributed by atoms with van der Waals surface area (Å²) < 4.78 is 0. The summed E-state index contributed by atoms with van der Waals surface area (Å²) in [4.78, 5) is 29.5. The summed E-state index contributed by atoms with van der Waals surface area (Å²) in [7, 11) is 0. The van der Waals surface area contributed by atoms with E-state index in [1.54, 1.807) is 6.92 Å². The molecule has 0 heterocycles. The first-order valence-electron chi connectivity index (χ1n) is 11.1. The summed E-state index contributed by atoms with van der Waals surface area (Å²) in [6.07, 6.45) is 17.0. The van der Waals surface area contributed by atoms with E-state index in [4.69, 9.17) is 4.89 Å². The van der Waals surface area contributed by atoms with Crippen LogP contribution < -0.4 is 0 Å². The van der Waals surface area contributed by atoms with Gasteiger partial charge in [0.15, 0.2) is 6.10 Å². The molecule has 166 valence electrons. The zero-order valence-corrected chi connectivity index (χ0v) is 17.8. The lowest BCUT2D eigenvalue weighted by molar-refractivity contribution is -0.857. The Balaban J connectivity index is 3.68. The quantitative estimate of drug-likeness (QED) is 0.0945. The zero-order valence-electron chi connectivity index (χ0n) is 17.8. The Kier molecular flexibility index (Phi) is 17.9. The van der Waals surface area contributed by atoms with Crippen LogP contribution in [0.1, 0.15) is 117 Å². The van der Waals surface area contributed by atoms with Gasteiger partial charge < -0.3 is 0 Å². The summed E-state index contributed by atoms with van der Waals surface area (Å²) in [5.41, 5.74) is 0. The first-order chi connectivity index (χ1) is 13.5. The van der Waals surface area contributed by atoms with Crippen LogP contribution in [0.15, 0.2) is 0 Å². The van der Waals surface area contributed by atoms with E-state index >= 15 is 0 Å². The predicted octanol–water partition coefficient (Wildman–Crippen LogP) is 6.42.